The molecule has 3 atom stereocenters. The summed E-state index contributed by atoms with van der Waals surface area (Å²) in [6, 6.07) is 0. The van der Waals surface area contributed by atoms with Crippen molar-refractivity contribution < 1.29 is 5.11 Å². The molecule has 4 heterocycles. The van der Waals surface area contributed by atoms with Gasteiger partial charge in [-0.2, -0.15) is 0 Å². The molecular weight excluding hydrogens is 238 g/mol. The van der Waals surface area contributed by atoms with Gasteiger partial charge in [0.2, 0.25) is 0 Å². The Morgan fingerprint density at radius 3 is 2.11 bits per heavy atom. The van der Waals surface area contributed by atoms with Crippen LogP contribution in [0.3, 0.4) is 0 Å². The maximum Gasteiger partial charge on any atom is 0.0830 e. The van der Waals surface area contributed by atoms with Crippen LogP contribution in [0.4, 0.5) is 0 Å². The van der Waals surface area contributed by atoms with E-state index in [4.69, 9.17) is 0 Å². The number of aliphatic hydroxyl groups is 1. The standard InChI is InChI=1S/C15H27N3O/c1-16-15-10-17-6-7-18(11-15)9-14(8-17,13(15)19)12-4-2-3-5-12/h12-13,16,19H,2-11H2,1H3. The average Bonchev–Trinajstić information content (AvgIpc) is 2.83. The van der Waals surface area contributed by atoms with Crippen LogP contribution in [-0.4, -0.2) is 72.9 Å². The van der Waals surface area contributed by atoms with Crippen molar-refractivity contribution in [1.82, 2.24) is 15.1 Å². The van der Waals surface area contributed by atoms with E-state index in [2.05, 4.69) is 15.1 Å². The minimum absolute atomic E-state index is 0.0877. The van der Waals surface area contributed by atoms with E-state index >= 15 is 0 Å². The number of aliphatic hydroxyl groups excluding tert-OH is 1. The van der Waals surface area contributed by atoms with Crippen molar-refractivity contribution in [2.75, 3.05) is 46.3 Å². The number of hydrogen-bond acceptors (Lipinski definition) is 4. The molecule has 19 heavy (non-hydrogen) atoms. The Bertz CT molecular complexity index is 350. The van der Waals surface area contributed by atoms with E-state index in [1.807, 2.05) is 7.05 Å². The molecule has 0 aromatic rings. The molecule has 0 amide bonds. The Kier molecular flexibility index (Phi) is 2.76. The highest BCUT2D eigenvalue weighted by atomic mass is 16.3. The lowest BCUT2D eigenvalue weighted by atomic mass is 9.59. The monoisotopic (exact) mass is 265 g/mol. The predicted molar refractivity (Wildman–Crippen MR) is 75.1 cm³/mol. The first-order valence-electron chi connectivity index (χ1n) is 8.00. The van der Waals surface area contributed by atoms with E-state index in [0.717, 1.165) is 32.1 Å². The highest BCUT2D eigenvalue weighted by Crippen LogP contribution is 2.51. The molecule has 3 unspecified atom stereocenters. The van der Waals surface area contributed by atoms with Crippen molar-refractivity contribution in [1.29, 1.82) is 0 Å². The minimum atomic E-state index is -0.168. The van der Waals surface area contributed by atoms with Gasteiger partial charge in [-0.1, -0.05) is 12.8 Å². The van der Waals surface area contributed by atoms with Gasteiger partial charge in [-0.3, -0.25) is 9.80 Å². The molecule has 108 valence electrons. The molecule has 5 fully saturated rings. The minimum Gasteiger partial charge on any atom is -0.390 e. The van der Waals surface area contributed by atoms with Crippen LogP contribution >= 0.6 is 0 Å². The number of nitrogens with zero attached hydrogens (tertiary/aromatic N) is 2. The molecule has 5 rings (SSSR count). The summed E-state index contributed by atoms with van der Waals surface area (Å²) < 4.78 is 0. The molecule has 1 saturated carbocycles. The van der Waals surface area contributed by atoms with Crippen LogP contribution in [0.1, 0.15) is 25.7 Å². The normalized spacial score (nSPS) is 53.7. The Hall–Kier alpha value is -0.160. The molecule has 2 N–H and O–H groups in total. The van der Waals surface area contributed by atoms with Crippen molar-refractivity contribution in [3.05, 3.63) is 0 Å². The molecule has 4 aliphatic heterocycles. The summed E-state index contributed by atoms with van der Waals surface area (Å²) in [5, 5.41) is 14.7. The number of piperidine rings is 2. The second kappa shape index (κ2) is 4.17. The van der Waals surface area contributed by atoms with Crippen molar-refractivity contribution in [2.24, 2.45) is 11.3 Å². The molecule has 0 spiro atoms. The van der Waals surface area contributed by atoms with E-state index < -0.39 is 0 Å². The fraction of sp³-hybridized carbons (Fsp3) is 1.00. The van der Waals surface area contributed by atoms with Crippen LogP contribution in [0.15, 0.2) is 0 Å². The summed E-state index contributed by atoms with van der Waals surface area (Å²) in [5.74, 6) is 0.735. The van der Waals surface area contributed by atoms with Gasteiger partial charge < -0.3 is 10.4 Å². The third-order valence-corrected chi connectivity index (χ3v) is 6.51. The molecule has 0 aromatic heterocycles. The van der Waals surface area contributed by atoms with Gasteiger partial charge in [0, 0.05) is 44.7 Å². The van der Waals surface area contributed by atoms with E-state index in [1.54, 1.807) is 0 Å². The topological polar surface area (TPSA) is 38.7 Å². The highest BCUT2D eigenvalue weighted by Gasteiger charge is 2.63. The first kappa shape index (κ1) is 12.6. The predicted octanol–water partition coefficient (Wildman–Crippen LogP) is 0.127. The second-order valence-corrected chi connectivity index (χ2v) is 7.44. The molecule has 1 aliphatic carbocycles. The van der Waals surface area contributed by atoms with Crippen molar-refractivity contribution in [2.45, 2.75) is 37.3 Å². The SMILES string of the molecule is CNC12CN3CCN(C1)CC(C1CCCC1)(C3)C2O. The van der Waals surface area contributed by atoms with Crippen LogP contribution < -0.4 is 5.32 Å². The summed E-state index contributed by atoms with van der Waals surface area (Å²) in [6.07, 6.45) is 5.23. The molecule has 0 radical (unpaired) electrons. The molecular formula is C15H27N3O. The zero-order chi connectivity index (χ0) is 13.1. The number of nitrogens with one attached hydrogen (secondary N) is 1. The quantitative estimate of drug-likeness (QED) is 0.744. The lowest BCUT2D eigenvalue weighted by Gasteiger charge is -2.61. The maximum absolute atomic E-state index is 11.2. The van der Waals surface area contributed by atoms with Gasteiger partial charge in [-0.15, -0.1) is 0 Å². The Morgan fingerprint density at radius 1 is 1.00 bits per heavy atom. The van der Waals surface area contributed by atoms with Crippen molar-refractivity contribution in [3.63, 3.8) is 0 Å². The summed E-state index contributed by atoms with van der Waals surface area (Å²) in [6.45, 7) is 6.66. The Balaban J connectivity index is 1.77. The van der Waals surface area contributed by atoms with Gasteiger partial charge in [0.05, 0.1) is 11.6 Å². The summed E-state index contributed by atoms with van der Waals surface area (Å²) in [7, 11) is 2.04. The largest absolute Gasteiger partial charge is 0.390 e. The van der Waals surface area contributed by atoms with Gasteiger partial charge in [-0.25, -0.2) is 0 Å². The maximum atomic E-state index is 11.2. The lowest BCUT2D eigenvalue weighted by molar-refractivity contribution is -0.163. The Morgan fingerprint density at radius 2 is 1.58 bits per heavy atom. The molecule has 4 saturated heterocycles. The Labute approximate surface area is 116 Å². The fourth-order valence-corrected chi connectivity index (χ4v) is 5.61. The van der Waals surface area contributed by atoms with E-state index in [0.29, 0.717) is 0 Å². The fourth-order valence-electron chi connectivity index (χ4n) is 5.61. The smallest absolute Gasteiger partial charge is 0.0830 e. The molecule has 4 heteroatoms. The zero-order valence-electron chi connectivity index (χ0n) is 12.1. The van der Waals surface area contributed by atoms with E-state index in [9.17, 15) is 5.11 Å². The van der Waals surface area contributed by atoms with E-state index in [-0.39, 0.29) is 17.1 Å². The number of hydrogen-bond donors (Lipinski definition) is 2. The van der Waals surface area contributed by atoms with Gasteiger partial charge in [0.15, 0.2) is 0 Å². The number of fused-ring (bicyclic) bond motifs is 1. The second-order valence-electron chi connectivity index (χ2n) is 7.44. The van der Waals surface area contributed by atoms with E-state index in [1.165, 1.54) is 38.8 Å². The van der Waals surface area contributed by atoms with Crippen LogP contribution in [0, 0.1) is 11.3 Å². The molecule has 0 aromatic carbocycles. The molecule has 5 aliphatic rings. The first-order valence-corrected chi connectivity index (χ1v) is 8.00. The summed E-state index contributed by atoms with van der Waals surface area (Å²) in [4.78, 5) is 5.24. The summed E-state index contributed by atoms with van der Waals surface area (Å²) >= 11 is 0. The van der Waals surface area contributed by atoms with Gasteiger partial charge >= 0.3 is 0 Å². The average molecular weight is 265 g/mol. The van der Waals surface area contributed by atoms with Crippen LogP contribution in [0.5, 0.6) is 0 Å². The van der Waals surface area contributed by atoms with Crippen LogP contribution in [0.2, 0.25) is 0 Å². The van der Waals surface area contributed by atoms with Gasteiger partial charge in [0.25, 0.3) is 0 Å². The van der Waals surface area contributed by atoms with Crippen LogP contribution in [0.25, 0.3) is 0 Å². The van der Waals surface area contributed by atoms with Crippen molar-refractivity contribution in [3.8, 4) is 0 Å². The molecule has 4 bridgehead atoms. The lowest BCUT2D eigenvalue weighted by Crippen LogP contribution is -2.78. The van der Waals surface area contributed by atoms with Gasteiger partial charge in [0.1, 0.15) is 0 Å². The number of likely N-dealkylation sites (N-methyl/N-ethyl adjacent to an activating group) is 1. The zero-order valence-corrected chi connectivity index (χ0v) is 12.1. The van der Waals surface area contributed by atoms with Gasteiger partial charge in [-0.05, 0) is 25.8 Å². The van der Waals surface area contributed by atoms with Crippen molar-refractivity contribution >= 4 is 0 Å². The number of rotatable bonds is 2. The third kappa shape index (κ3) is 1.60. The first-order chi connectivity index (χ1) is 9.18. The van der Waals surface area contributed by atoms with Crippen LogP contribution in [-0.2, 0) is 0 Å². The summed E-state index contributed by atoms with van der Waals surface area (Å²) in [5.41, 5.74) is 0.0437. The third-order valence-electron chi connectivity index (χ3n) is 6.51. The molecule has 4 nitrogen and oxygen atoms in total. The highest BCUT2D eigenvalue weighted by molar-refractivity contribution is 5.18.